The second-order valence-corrected chi connectivity index (χ2v) is 5.06. The maximum atomic E-state index is 11.0. The normalized spacial score (nSPS) is 10.9. The number of pyridine rings is 1. The molecule has 0 aliphatic heterocycles. The van der Waals surface area contributed by atoms with E-state index in [1.807, 2.05) is 19.2 Å². The minimum Gasteiger partial charge on any atom is -0.374 e. The Hall–Kier alpha value is -2.17. The molecule has 0 radical (unpaired) electrons. The number of hydrogen-bond donors (Lipinski definition) is 0. The Morgan fingerprint density at radius 1 is 1.32 bits per heavy atom. The van der Waals surface area contributed by atoms with Gasteiger partial charge in [0.05, 0.1) is 10.3 Å². The topological polar surface area (TPSA) is 59.3 Å². The first-order valence-corrected chi connectivity index (χ1v) is 6.23. The molecule has 2 rings (SSSR count). The molecule has 0 amide bonds. The van der Waals surface area contributed by atoms with Crippen LogP contribution in [0, 0.1) is 16.0 Å². The van der Waals surface area contributed by atoms with E-state index < -0.39 is 0 Å². The molecule has 5 nitrogen and oxygen atoms in total. The monoisotopic (exact) mass is 259 g/mol. The van der Waals surface area contributed by atoms with E-state index >= 15 is 0 Å². The van der Waals surface area contributed by atoms with Gasteiger partial charge >= 0.3 is 0 Å². The SMILES string of the molecule is CC(C)CN(C)c1ccc([N+](=O)[O-])c2cnccc12. The predicted molar refractivity (Wildman–Crippen MR) is 76.5 cm³/mol. The van der Waals surface area contributed by atoms with Crippen molar-refractivity contribution in [1.29, 1.82) is 0 Å². The van der Waals surface area contributed by atoms with Crippen LogP contribution in [0.1, 0.15) is 13.8 Å². The average Bonchev–Trinajstić information content (AvgIpc) is 2.36. The molecule has 0 bridgehead atoms. The highest BCUT2D eigenvalue weighted by molar-refractivity contribution is 5.99. The highest BCUT2D eigenvalue weighted by Gasteiger charge is 2.16. The van der Waals surface area contributed by atoms with Crippen molar-refractivity contribution < 1.29 is 4.92 Å². The smallest absolute Gasteiger partial charge is 0.278 e. The van der Waals surface area contributed by atoms with Crippen molar-refractivity contribution in [1.82, 2.24) is 4.98 Å². The van der Waals surface area contributed by atoms with Gasteiger partial charge in [-0.2, -0.15) is 0 Å². The molecule has 19 heavy (non-hydrogen) atoms. The summed E-state index contributed by atoms with van der Waals surface area (Å²) in [5, 5.41) is 12.5. The molecule has 0 aliphatic rings. The van der Waals surface area contributed by atoms with Crippen LogP contribution >= 0.6 is 0 Å². The fourth-order valence-electron chi connectivity index (χ4n) is 2.30. The summed E-state index contributed by atoms with van der Waals surface area (Å²) in [6.45, 7) is 5.19. The van der Waals surface area contributed by atoms with Crippen LogP contribution in [0.15, 0.2) is 30.6 Å². The summed E-state index contributed by atoms with van der Waals surface area (Å²) >= 11 is 0. The molecule has 0 saturated heterocycles. The van der Waals surface area contributed by atoms with Crippen molar-refractivity contribution in [3.05, 3.63) is 40.7 Å². The quantitative estimate of drug-likeness (QED) is 0.624. The Balaban J connectivity index is 2.58. The third-order valence-electron chi connectivity index (χ3n) is 3.02. The first-order chi connectivity index (χ1) is 9.00. The molecule has 0 unspecified atom stereocenters. The molecule has 0 fully saturated rings. The number of benzene rings is 1. The van der Waals surface area contributed by atoms with Gasteiger partial charge in [-0.1, -0.05) is 13.8 Å². The van der Waals surface area contributed by atoms with Crippen LogP contribution < -0.4 is 4.90 Å². The fraction of sp³-hybridized carbons (Fsp3) is 0.357. The first kappa shape index (κ1) is 13.3. The number of anilines is 1. The average molecular weight is 259 g/mol. The second-order valence-electron chi connectivity index (χ2n) is 5.06. The summed E-state index contributed by atoms with van der Waals surface area (Å²) in [7, 11) is 2.00. The van der Waals surface area contributed by atoms with Gasteiger partial charge in [0.25, 0.3) is 5.69 Å². The van der Waals surface area contributed by atoms with Crippen molar-refractivity contribution in [3.8, 4) is 0 Å². The number of hydrogen-bond acceptors (Lipinski definition) is 4. The molecular weight excluding hydrogens is 242 g/mol. The molecule has 0 aliphatic carbocycles. The molecule has 0 atom stereocenters. The van der Waals surface area contributed by atoms with Crippen LogP contribution in [0.25, 0.3) is 10.8 Å². The fourth-order valence-corrected chi connectivity index (χ4v) is 2.30. The van der Waals surface area contributed by atoms with Crippen molar-refractivity contribution in [2.24, 2.45) is 5.92 Å². The molecule has 2 aromatic rings. The Bertz CT molecular complexity index is 611. The zero-order valence-corrected chi connectivity index (χ0v) is 11.3. The van der Waals surface area contributed by atoms with Gasteiger partial charge in [0, 0.05) is 43.1 Å². The van der Waals surface area contributed by atoms with Crippen LogP contribution in [0.2, 0.25) is 0 Å². The number of nitro benzene ring substituents is 1. The highest BCUT2D eigenvalue weighted by atomic mass is 16.6. The summed E-state index contributed by atoms with van der Waals surface area (Å²) in [6, 6.07) is 5.19. The van der Waals surface area contributed by atoms with Crippen LogP contribution in [-0.2, 0) is 0 Å². The molecule has 5 heteroatoms. The van der Waals surface area contributed by atoms with Crippen molar-refractivity contribution in [3.63, 3.8) is 0 Å². The zero-order chi connectivity index (χ0) is 14.0. The lowest BCUT2D eigenvalue weighted by Gasteiger charge is -2.23. The first-order valence-electron chi connectivity index (χ1n) is 6.23. The summed E-state index contributed by atoms with van der Waals surface area (Å²) in [6.07, 6.45) is 3.22. The highest BCUT2D eigenvalue weighted by Crippen LogP contribution is 2.32. The molecule has 0 saturated carbocycles. The maximum Gasteiger partial charge on any atom is 0.278 e. The van der Waals surface area contributed by atoms with Gasteiger partial charge in [0.1, 0.15) is 0 Å². The van der Waals surface area contributed by atoms with E-state index in [1.165, 1.54) is 0 Å². The second kappa shape index (κ2) is 5.22. The van der Waals surface area contributed by atoms with Gasteiger partial charge in [0.2, 0.25) is 0 Å². The molecule has 100 valence electrons. The van der Waals surface area contributed by atoms with E-state index in [0.29, 0.717) is 11.3 Å². The van der Waals surface area contributed by atoms with Gasteiger partial charge in [-0.15, -0.1) is 0 Å². The largest absolute Gasteiger partial charge is 0.374 e. The molecule has 1 heterocycles. The van der Waals surface area contributed by atoms with Crippen LogP contribution in [0.3, 0.4) is 0 Å². The number of non-ortho nitro benzene ring substituents is 1. The summed E-state index contributed by atoms with van der Waals surface area (Å²) in [5.74, 6) is 0.525. The van der Waals surface area contributed by atoms with Crippen molar-refractivity contribution in [2.45, 2.75) is 13.8 Å². The van der Waals surface area contributed by atoms with E-state index in [2.05, 4.69) is 23.7 Å². The molecular formula is C14H17N3O2. The molecule has 1 aromatic heterocycles. The van der Waals surface area contributed by atoms with Crippen LogP contribution in [-0.4, -0.2) is 23.5 Å². The Labute approximate surface area is 112 Å². The van der Waals surface area contributed by atoms with Crippen LogP contribution in [0.5, 0.6) is 0 Å². The number of nitro groups is 1. The van der Waals surface area contributed by atoms with Gasteiger partial charge in [-0.3, -0.25) is 15.1 Å². The minimum atomic E-state index is -0.365. The van der Waals surface area contributed by atoms with Gasteiger partial charge in [-0.05, 0) is 18.1 Å². The van der Waals surface area contributed by atoms with Gasteiger partial charge < -0.3 is 4.90 Å². The maximum absolute atomic E-state index is 11.0. The lowest BCUT2D eigenvalue weighted by molar-refractivity contribution is -0.383. The Kier molecular flexibility index (Phi) is 3.64. The number of fused-ring (bicyclic) bond motifs is 1. The molecule has 1 aromatic carbocycles. The Morgan fingerprint density at radius 2 is 2.05 bits per heavy atom. The standard InChI is InChI=1S/C14H17N3O2/c1-10(2)9-16(3)13-4-5-14(17(18)19)12-8-15-7-6-11(12)13/h4-8,10H,9H2,1-3H3. The summed E-state index contributed by atoms with van der Waals surface area (Å²) in [4.78, 5) is 16.8. The van der Waals surface area contributed by atoms with E-state index in [-0.39, 0.29) is 10.6 Å². The summed E-state index contributed by atoms with van der Waals surface area (Å²) in [5.41, 5.74) is 1.10. The van der Waals surface area contributed by atoms with Gasteiger partial charge in [-0.25, -0.2) is 0 Å². The minimum absolute atomic E-state index is 0.102. The van der Waals surface area contributed by atoms with Gasteiger partial charge in [0.15, 0.2) is 0 Å². The zero-order valence-electron chi connectivity index (χ0n) is 11.3. The third kappa shape index (κ3) is 2.65. The Morgan fingerprint density at radius 3 is 2.68 bits per heavy atom. The van der Waals surface area contributed by atoms with Crippen LogP contribution in [0.4, 0.5) is 11.4 Å². The lowest BCUT2D eigenvalue weighted by atomic mass is 10.1. The lowest BCUT2D eigenvalue weighted by Crippen LogP contribution is -2.22. The van der Waals surface area contributed by atoms with E-state index in [1.54, 1.807) is 18.5 Å². The van der Waals surface area contributed by atoms with Crippen molar-refractivity contribution in [2.75, 3.05) is 18.5 Å². The third-order valence-corrected chi connectivity index (χ3v) is 3.02. The molecule has 0 spiro atoms. The van der Waals surface area contributed by atoms with Crippen molar-refractivity contribution >= 4 is 22.1 Å². The number of aromatic nitrogens is 1. The molecule has 0 N–H and O–H groups in total. The van der Waals surface area contributed by atoms with E-state index in [0.717, 1.165) is 17.6 Å². The number of rotatable bonds is 4. The predicted octanol–water partition coefficient (Wildman–Crippen LogP) is 3.24. The number of nitrogens with zero attached hydrogens (tertiary/aromatic N) is 3. The van der Waals surface area contributed by atoms with E-state index in [9.17, 15) is 10.1 Å². The summed E-state index contributed by atoms with van der Waals surface area (Å²) < 4.78 is 0. The van der Waals surface area contributed by atoms with E-state index in [4.69, 9.17) is 0 Å².